The number of hydrogen-bond acceptors (Lipinski definition) is 13. The first-order valence-corrected chi connectivity index (χ1v) is 28.5. The number of aliphatic carboxylic acids is 1. The van der Waals surface area contributed by atoms with Crippen molar-refractivity contribution >= 4 is 102 Å². The largest absolute Gasteiger partial charge is 0.507 e. The molecule has 0 spiro atoms. The Kier molecular flexibility index (Phi) is 15.9. The van der Waals surface area contributed by atoms with Gasteiger partial charge in [0.15, 0.2) is 0 Å². The molecule has 3 N–H and O–H groups in total. The highest BCUT2D eigenvalue weighted by Crippen LogP contribution is 2.75. The lowest BCUT2D eigenvalue weighted by Crippen LogP contribution is -2.72. The van der Waals surface area contributed by atoms with E-state index in [1.54, 1.807) is 26.2 Å². The second-order valence-corrected chi connectivity index (χ2v) is 23.3. The van der Waals surface area contributed by atoms with Crippen molar-refractivity contribution in [3.05, 3.63) is 83.9 Å². The highest BCUT2D eigenvalue weighted by molar-refractivity contribution is 8.76. The zero-order chi connectivity index (χ0) is 54.1. The van der Waals surface area contributed by atoms with Crippen LogP contribution in [0.15, 0.2) is 72.8 Å². The Bertz CT molecular complexity index is 3000. The van der Waals surface area contributed by atoms with Crippen LogP contribution < -0.4 is 19.9 Å². The van der Waals surface area contributed by atoms with Crippen molar-refractivity contribution < 1.29 is 58.0 Å². The summed E-state index contributed by atoms with van der Waals surface area (Å²) in [6.45, 7) is 5.77. The fourth-order valence-corrected chi connectivity index (χ4v) is 13.7. The van der Waals surface area contributed by atoms with E-state index < -0.39 is 40.9 Å². The van der Waals surface area contributed by atoms with Crippen molar-refractivity contribution in [1.29, 1.82) is 0 Å². The van der Waals surface area contributed by atoms with Crippen LogP contribution >= 0.6 is 21.6 Å². The summed E-state index contributed by atoms with van der Waals surface area (Å²) in [6, 6.07) is 17.9. The predicted octanol–water partition coefficient (Wildman–Crippen LogP) is 8.18. The summed E-state index contributed by atoms with van der Waals surface area (Å²) in [5.41, 5.74) is 2.28. The van der Waals surface area contributed by atoms with E-state index in [2.05, 4.69) is 19.2 Å². The molecule has 20 heteroatoms. The molecule has 2 bridgehead atoms. The normalized spacial score (nSPS) is 21.2. The van der Waals surface area contributed by atoms with E-state index in [-0.39, 0.29) is 79.6 Å². The molecule has 7 amide bonds. The third kappa shape index (κ3) is 10.4. The number of unbranched alkanes of at least 4 members (excludes halogenated alkanes) is 2. The Morgan fingerprint density at radius 1 is 0.737 bits per heavy atom. The first kappa shape index (κ1) is 54.0. The van der Waals surface area contributed by atoms with Crippen LogP contribution in [0, 0.1) is 10.8 Å². The van der Waals surface area contributed by atoms with Gasteiger partial charge >= 0.3 is 18.2 Å². The van der Waals surface area contributed by atoms with Gasteiger partial charge in [-0.15, -0.1) is 0 Å². The number of anilines is 2. The monoisotopic (exact) mass is 1080 g/mol. The lowest BCUT2D eigenvalue weighted by Gasteiger charge is -2.69. The molecule has 10 rings (SSSR count). The van der Waals surface area contributed by atoms with Crippen molar-refractivity contribution in [3.8, 4) is 11.5 Å². The molecular weight excluding hydrogens is 1010 g/mol. The molecule has 4 aromatic rings. The van der Waals surface area contributed by atoms with Crippen molar-refractivity contribution in [2.75, 3.05) is 74.7 Å². The van der Waals surface area contributed by atoms with E-state index in [0.717, 1.165) is 56.1 Å². The molecule has 3 aliphatic carbocycles. The summed E-state index contributed by atoms with van der Waals surface area (Å²) < 4.78 is 11.5. The van der Waals surface area contributed by atoms with Crippen LogP contribution in [0.3, 0.4) is 0 Å². The van der Waals surface area contributed by atoms with E-state index in [1.807, 2.05) is 58.3 Å². The van der Waals surface area contributed by atoms with Gasteiger partial charge < -0.3 is 44.6 Å². The molecule has 0 radical (unpaired) electrons. The molecule has 3 heterocycles. The Hall–Kier alpha value is -6.80. The molecular formula is C56H64N6O12S2. The van der Waals surface area contributed by atoms with Gasteiger partial charge in [0.05, 0.1) is 22.2 Å². The molecule has 6 aliphatic rings. The number of benzene rings is 4. The molecule has 3 aliphatic heterocycles. The number of carbonyl (C=O) groups excluding carboxylic acids is 7. The minimum absolute atomic E-state index is 0.0181. The molecule has 3 saturated carbocycles. The summed E-state index contributed by atoms with van der Waals surface area (Å²) in [5.74, 6) is -1.23. The molecule has 3 fully saturated rings. The summed E-state index contributed by atoms with van der Waals surface area (Å²) in [5, 5.41) is 26.5. The third-order valence-electron chi connectivity index (χ3n) is 15.8. The average molecular weight is 1080 g/mol. The van der Waals surface area contributed by atoms with Gasteiger partial charge in [-0.3, -0.25) is 28.9 Å². The quantitative estimate of drug-likeness (QED) is 0.0384. The Morgan fingerprint density at radius 3 is 1.86 bits per heavy atom. The summed E-state index contributed by atoms with van der Waals surface area (Å²) in [7, 11) is 5.63. The number of amides is 7. The number of carbonyl (C=O) groups is 8. The van der Waals surface area contributed by atoms with Crippen LogP contribution in [0.5, 0.6) is 11.5 Å². The van der Waals surface area contributed by atoms with Gasteiger partial charge in [0.2, 0.25) is 17.7 Å². The Labute approximate surface area is 448 Å². The molecule has 76 heavy (non-hydrogen) atoms. The van der Waals surface area contributed by atoms with Crippen LogP contribution in [0.1, 0.15) is 94.6 Å². The first-order chi connectivity index (χ1) is 36.5. The standard InChI is InChI=1S/C56H64N6O12S2/c1-5-34-28-61(41-26-43(63)36-14-9-11-16-38(36)48(34)41)51(69)55-31-56(32-55,33-55)52(70)62-29-35(6-2)49-39-17-12-10-15-37(39)44(27-42(49)62)74-54(72)59(4)23-22-58(3)53(71)73-24-25-75-76-30-40(50(67)68)57-45(64)18-8-7-13-21-60-46(65)19-20-47(60)66/h9-12,14-17,19-20,26-27,34-35,40,63H,5-8,13,18,21-25,28-33H2,1-4H3,(H,57,64)(H,67,68)/t34-,35-,40+,55?,56?/m1/s1. The number of carboxylic acid groups (broad SMARTS) is 1. The van der Waals surface area contributed by atoms with E-state index in [4.69, 9.17) is 9.47 Å². The lowest BCUT2D eigenvalue weighted by atomic mass is 9.34. The van der Waals surface area contributed by atoms with Gasteiger partial charge in [0.25, 0.3) is 11.8 Å². The van der Waals surface area contributed by atoms with Crippen LogP contribution in [0.25, 0.3) is 21.5 Å². The number of hydrogen-bond donors (Lipinski definition) is 3. The maximum Gasteiger partial charge on any atom is 0.415 e. The van der Waals surface area contributed by atoms with E-state index in [1.165, 1.54) is 43.5 Å². The molecule has 0 aromatic heterocycles. The molecule has 402 valence electrons. The number of rotatable bonds is 22. The predicted molar refractivity (Wildman–Crippen MR) is 290 cm³/mol. The van der Waals surface area contributed by atoms with Crippen molar-refractivity contribution in [2.24, 2.45) is 10.8 Å². The van der Waals surface area contributed by atoms with E-state index in [9.17, 15) is 48.6 Å². The van der Waals surface area contributed by atoms with Crippen LogP contribution in [0.4, 0.5) is 21.0 Å². The van der Waals surface area contributed by atoms with Gasteiger partial charge in [-0.25, -0.2) is 14.4 Å². The second-order valence-electron chi connectivity index (χ2n) is 20.7. The highest BCUT2D eigenvalue weighted by Gasteiger charge is 2.76. The number of imide groups is 1. The fraction of sp³-hybridized carbons (Fsp3) is 0.464. The Balaban J connectivity index is 0.737. The van der Waals surface area contributed by atoms with Crippen LogP contribution in [-0.4, -0.2) is 144 Å². The van der Waals surface area contributed by atoms with E-state index in [0.29, 0.717) is 68.8 Å². The highest BCUT2D eigenvalue weighted by atomic mass is 33.1. The maximum atomic E-state index is 14.8. The molecule has 18 nitrogen and oxygen atoms in total. The topological polar surface area (TPSA) is 224 Å². The minimum atomic E-state index is -1.18. The molecule has 3 atom stereocenters. The summed E-state index contributed by atoms with van der Waals surface area (Å²) in [6.07, 6.45) is 5.87. The number of aromatic hydroxyl groups is 1. The number of fused-ring (bicyclic) bond motifs is 6. The van der Waals surface area contributed by atoms with Crippen LogP contribution in [0.2, 0.25) is 0 Å². The number of phenolic OH excluding ortho intramolecular Hbond substituents is 1. The maximum absolute atomic E-state index is 14.8. The van der Waals surface area contributed by atoms with Crippen LogP contribution in [-0.2, 0) is 33.5 Å². The zero-order valence-corrected chi connectivity index (χ0v) is 44.8. The number of ether oxygens (including phenoxy) is 2. The van der Waals surface area contributed by atoms with Crippen molar-refractivity contribution in [1.82, 2.24) is 20.0 Å². The fourth-order valence-electron chi connectivity index (χ4n) is 11.7. The zero-order valence-electron chi connectivity index (χ0n) is 43.2. The molecule has 4 aromatic carbocycles. The smallest absolute Gasteiger partial charge is 0.415 e. The molecule has 0 unspecified atom stereocenters. The van der Waals surface area contributed by atoms with Gasteiger partial charge in [0, 0.05) is 112 Å². The summed E-state index contributed by atoms with van der Waals surface area (Å²) in [4.78, 5) is 111. The lowest BCUT2D eigenvalue weighted by molar-refractivity contribution is -0.205. The second kappa shape index (κ2) is 22.4. The van der Waals surface area contributed by atoms with Gasteiger partial charge in [-0.05, 0) is 66.8 Å². The number of nitrogens with one attached hydrogen (secondary N) is 1. The van der Waals surface area contributed by atoms with Crippen molar-refractivity contribution in [2.45, 2.75) is 89.5 Å². The van der Waals surface area contributed by atoms with Gasteiger partial charge in [0.1, 0.15) is 24.1 Å². The minimum Gasteiger partial charge on any atom is -0.507 e. The van der Waals surface area contributed by atoms with Gasteiger partial charge in [-0.2, -0.15) is 0 Å². The van der Waals surface area contributed by atoms with E-state index >= 15 is 0 Å². The SMILES string of the molecule is CC[C@@H]1CN(C(=O)C23CC(C(=O)N4C[C@@H](CC)c5c4cc(OC(=O)N(C)CCN(C)C(=O)OCCSSC[C@H](NC(=O)CCCCCN4C(=O)C=CC4=O)C(=O)O)c4ccccc54)(C2)C3)c2cc(O)c3ccccc3c21. The number of likely N-dealkylation sites (N-methyl/N-ethyl adjacent to an activating group) is 2. The average Bonchev–Trinajstić information content (AvgIpc) is 4.20. The number of nitrogens with zero attached hydrogens (tertiary/aromatic N) is 5. The van der Waals surface area contributed by atoms with Crippen molar-refractivity contribution in [3.63, 3.8) is 0 Å². The van der Waals surface area contributed by atoms with Gasteiger partial charge in [-0.1, -0.05) is 90.4 Å². The summed E-state index contributed by atoms with van der Waals surface area (Å²) >= 11 is 0. The number of phenols is 1. The molecule has 0 saturated heterocycles. The number of carboxylic acids is 1. The Morgan fingerprint density at radius 2 is 1.28 bits per heavy atom. The first-order valence-electron chi connectivity index (χ1n) is 26.0. The third-order valence-corrected chi connectivity index (χ3v) is 18.2.